The Balaban J connectivity index is 1.61. The zero-order chi connectivity index (χ0) is 34.3. The maximum absolute atomic E-state index is 13.8. The van der Waals surface area contributed by atoms with Gasteiger partial charge in [0.25, 0.3) is 0 Å². The number of nitrogens with one attached hydrogen (secondary N) is 2. The molecule has 10 heteroatoms. The maximum atomic E-state index is 13.8. The van der Waals surface area contributed by atoms with Crippen LogP contribution in [0.1, 0.15) is 71.1 Å². The van der Waals surface area contributed by atoms with Gasteiger partial charge in [-0.1, -0.05) is 74.8 Å². The summed E-state index contributed by atoms with van der Waals surface area (Å²) < 4.78 is 17.2. The largest absolute Gasteiger partial charge is 0.495 e. The number of amides is 2. The average molecular weight is 667 g/mol. The Morgan fingerprint density at radius 1 is 1.04 bits per heavy atom. The molecule has 2 N–H and O–H groups in total. The number of Topliss-reactive ketones (excluding diaryl/α,β-unsaturated/α-hetero) is 1. The molecule has 254 valence electrons. The maximum Gasteiger partial charge on any atom is 0.314 e. The molecular formula is C37H47ClN2O7. The number of esters is 1. The highest BCUT2D eigenvalue weighted by Gasteiger charge is 2.47. The molecule has 0 radical (unpaired) electrons. The lowest BCUT2D eigenvalue weighted by Gasteiger charge is -2.29. The first kappa shape index (κ1) is 36.2. The molecule has 1 saturated heterocycles. The molecule has 2 aliphatic heterocycles. The van der Waals surface area contributed by atoms with Gasteiger partial charge in [0.1, 0.15) is 17.9 Å². The van der Waals surface area contributed by atoms with Gasteiger partial charge in [0.05, 0.1) is 23.7 Å². The van der Waals surface area contributed by atoms with Gasteiger partial charge in [0, 0.05) is 19.4 Å². The molecule has 9 nitrogen and oxygen atoms in total. The van der Waals surface area contributed by atoms with E-state index in [2.05, 4.69) is 17.6 Å². The van der Waals surface area contributed by atoms with Gasteiger partial charge in [0.2, 0.25) is 11.8 Å². The number of hydrogen-bond acceptors (Lipinski definition) is 7. The molecule has 2 amide bonds. The number of benzene rings is 2. The summed E-state index contributed by atoms with van der Waals surface area (Å²) in [5.41, 5.74) is 0.655. The fourth-order valence-corrected chi connectivity index (χ4v) is 6.17. The van der Waals surface area contributed by atoms with Crippen LogP contribution in [0.3, 0.4) is 0 Å². The monoisotopic (exact) mass is 666 g/mol. The minimum Gasteiger partial charge on any atom is -0.495 e. The molecule has 0 aromatic heterocycles. The molecule has 4 rings (SSSR count). The molecular weight excluding hydrogens is 620 g/mol. The van der Waals surface area contributed by atoms with E-state index >= 15 is 0 Å². The number of allylic oxidation sites excluding steroid dienone is 1. The van der Waals surface area contributed by atoms with Crippen molar-refractivity contribution in [2.24, 2.45) is 23.2 Å². The minimum absolute atomic E-state index is 0.0269. The van der Waals surface area contributed by atoms with Gasteiger partial charge >= 0.3 is 5.97 Å². The third-order valence-electron chi connectivity index (χ3n) is 8.93. The second kappa shape index (κ2) is 15.9. The van der Waals surface area contributed by atoms with Crippen molar-refractivity contribution < 1.29 is 33.4 Å². The summed E-state index contributed by atoms with van der Waals surface area (Å²) in [6.07, 6.45) is 3.19. The zero-order valence-corrected chi connectivity index (χ0v) is 28.8. The highest BCUT2D eigenvalue weighted by atomic mass is 35.5. The first-order valence-corrected chi connectivity index (χ1v) is 16.7. The van der Waals surface area contributed by atoms with Crippen LogP contribution in [0.2, 0.25) is 5.02 Å². The van der Waals surface area contributed by atoms with Gasteiger partial charge in [-0.05, 0) is 73.8 Å². The van der Waals surface area contributed by atoms with Crippen molar-refractivity contribution in [3.8, 4) is 5.75 Å². The van der Waals surface area contributed by atoms with E-state index in [1.54, 1.807) is 38.1 Å². The lowest BCUT2D eigenvalue weighted by Crippen LogP contribution is -2.51. The Kier molecular flexibility index (Phi) is 12.3. The summed E-state index contributed by atoms with van der Waals surface area (Å²) in [6, 6.07) is 14.2. The Labute approximate surface area is 282 Å². The topological polar surface area (TPSA) is 123 Å². The predicted molar refractivity (Wildman–Crippen MR) is 180 cm³/mol. The van der Waals surface area contributed by atoms with Crippen molar-refractivity contribution in [3.63, 3.8) is 0 Å². The van der Waals surface area contributed by atoms with E-state index < -0.39 is 35.3 Å². The molecule has 2 aromatic rings. The lowest BCUT2D eigenvalue weighted by atomic mass is 9.81. The summed E-state index contributed by atoms with van der Waals surface area (Å²) >= 11 is 6.33. The highest BCUT2D eigenvalue weighted by molar-refractivity contribution is 6.32. The zero-order valence-electron chi connectivity index (χ0n) is 28.1. The van der Waals surface area contributed by atoms with Gasteiger partial charge in [-0.15, -0.1) is 0 Å². The van der Waals surface area contributed by atoms with Gasteiger partial charge in [-0.25, -0.2) is 0 Å². The van der Waals surface area contributed by atoms with Gasteiger partial charge < -0.3 is 24.8 Å². The minimum atomic E-state index is -1.14. The van der Waals surface area contributed by atoms with E-state index in [1.165, 1.54) is 13.2 Å². The molecule has 0 saturated carbocycles. The molecule has 6 atom stereocenters. The Morgan fingerprint density at radius 3 is 2.43 bits per heavy atom. The van der Waals surface area contributed by atoms with E-state index in [0.29, 0.717) is 23.6 Å². The van der Waals surface area contributed by atoms with E-state index in [1.807, 2.05) is 44.2 Å². The number of halogens is 1. The smallest absolute Gasteiger partial charge is 0.314 e. The number of carbonyl (C=O) groups is 4. The molecule has 0 unspecified atom stereocenters. The van der Waals surface area contributed by atoms with Crippen molar-refractivity contribution in [1.29, 1.82) is 0 Å². The molecule has 0 bridgehead atoms. The van der Waals surface area contributed by atoms with E-state index in [9.17, 15) is 19.2 Å². The number of carbonyl (C=O) groups excluding carboxylic acids is 4. The second-order valence-electron chi connectivity index (χ2n) is 13.7. The highest BCUT2D eigenvalue weighted by Crippen LogP contribution is 2.46. The number of methoxy groups -OCH3 is 1. The molecule has 0 spiro atoms. The van der Waals surface area contributed by atoms with Crippen molar-refractivity contribution in [2.45, 2.75) is 84.7 Å². The van der Waals surface area contributed by atoms with Crippen LogP contribution in [0.25, 0.3) is 0 Å². The van der Waals surface area contributed by atoms with Gasteiger partial charge in [0.15, 0.2) is 11.9 Å². The number of hydrogen-bond donors (Lipinski definition) is 2. The van der Waals surface area contributed by atoms with Crippen LogP contribution in [0.5, 0.6) is 5.75 Å². The number of cyclic esters (lactones) is 1. The van der Waals surface area contributed by atoms with Crippen LogP contribution in [-0.4, -0.2) is 55.5 Å². The number of epoxide rings is 1. The summed E-state index contributed by atoms with van der Waals surface area (Å²) in [5.74, 6) is -1.27. The summed E-state index contributed by atoms with van der Waals surface area (Å²) in [7, 11) is 1.51. The van der Waals surface area contributed by atoms with Crippen LogP contribution < -0.4 is 15.4 Å². The predicted octanol–water partition coefficient (Wildman–Crippen LogP) is 5.79. The Bertz CT molecular complexity index is 1460. The first-order chi connectivity index (χ1) is 22.3. The third-order valence-corrected chi connectivity index (χ3v) is 9.22. The van der Waals surface area contributed by atoms with E-state index in [-0.39, 0.29) is 55.1 Å². The average Bonchev–Trinajstić information content (AvgIpc) is 3.83. The van der Waals surface area contributed by atoms with Gasteiger partial charge in [-0.2, -0.15) is 0 Å². The molecule has 0 aliphatic carbocycles. The molecule has 2 aromatic carbocycles. The fraction of sp³-hybridized carbons (Fsp3) is 0.514. The van der Waals surface area contributed by atoms with Crippen LogP contribution in [-0.2, 0) is 35.1 Å². The standard InChI is InChI=1S/C37H47ClN2O7/c1-22(2)17-31-29(41)20-26(23(3)33-34(47-33)25-11-8-7-9-12-25)13-10-14-32(42)40-28(19-24-15-16-30(45-6)27(38)18-24)35(43)39-21-37(4,5)36(44)46-31/h7-12,14-16,18,22-23,26,28,31,33-34H,13,17,19-21H2,1-6H3,(H,39,43)(H,40,42)/t23-,26+,28-,31-,33+,34+/m0/s1. The van der Waals surface area contributed by atoms with Crippen LogP contribution in [0, 0.1) is 23.2 Å². The van der Waals surface area contributed by atoms with Crippen molar-refractivity contribution in [1.82, 2.24) is 10.6 Å². The molecule has 1 fully saturated rings. The van der Waals surface area contributed by atoms with E-state index in [0.717, 1.165) is 11.1 Å². The summed E-state index contributed by atoms with van der Waals surface area (Å²) in [4.78, 5) is 53.9. The van der Waals surface area contributed by atoms with Crippen molar-refractivity contribution in [3.05, 3.63) is 76.8 Å². The Hall–Kier alpha value is -3.69. The third kappa shape index (κ3) is 9.91. The number of ketones is 1. The summed E-state index contributed by atoms with van der Waals surface area (Å²) in [6.45, 7) is 9.28. The van der Waals surface area contributed by atoms with Crippen molar-refractivity contribution >= 4 is 35.2 Å². The lowest BCUT2D eigenvalue weighted by molar-refractivity contribution is -0.165. The SMILES string of the molecule is COc1ccc(C[C@@H]2NC(=O)C=CC[C@@H]([C@H](C)[C@H]3O[C@@H]3c3ccccc3)CC(=O)[C@H](CC(C)C)OC(=O)C(C)(C)CNC2=O)cc1Cl. The molecule has 2 aliphatic rings. The fourth-order valence-electron chi connectivity index (χ4n) is 5.89. The molecule has 2 heterocycles. The van der Waals surface area contributed by atoms with E-state index in [4.69, 9.17) is 25.8 Å². The second-order valence-corrected chi connectivity index (χ2v) is 14.1. The number of ether oxygens (including phenoxy) is 3. The van der Waals surface area contributed by atoms with Crippen molar-refractivity contribution in [2.75, 3.05) is 13.7 Å². The van der Waals surface area contributed by atoms with Gasteiger partial charge in [-0.3, -0.25) is 19.2 Å². The van der Waals surface area contributed by atoms with Crippen LogP contribution in [0.15, 0.2) is 60.7 Å². The normalized spacial score (nSPS) is 26.3. The number of rotatable bonds is 8. The quantitative estimate of drug-likeness (QED) is 0.270. The van der Waals surface area contributed by atoms with Crippen LogP contribution >= 0.6 is 11.6 Å². The van der Waals surface area contributed by atoms with Crippen LogP contribution in [0.4, 0.5) is 0 Å². The first-order valence-electron chi connectivity index (χ1n) is 16.3. The summed E-state index contributed by atoms with van der Waals surface area (Å²) in [5, 5.41) is 6.00. The molecule has 47 heavy (non-hydrogen) atoms. The Morgan fingerprint density at radius 2 is 1.77 bits per heavy atom.